The predicted octanol–water partition coefficient (Wildman–Crippen LogP) is 4.92. The summed E-state index contributed by atoms with van der Waals surface area (Å²) < 4.78 is 0. The molecule has 5 rings (SSSR count). The van der Waals surface area contributed by atoms with Crippen LogP contribution in [-0.4, -0.2) is 45.8 Å². The van der Waals surface area contributed by atoms with Crippen LogP contribution in [0.1, 0.15) is 114 Å². The number of fused-ring (bicyclic) bond motifs is 2. The van der Waals surface area contributed by atoms with E-state index in [0.29, 0.717) is 24.4 Å². The number of hydrogen-bond acceptors (Lipinski definition) is 6. The summed E-state index contributed by atoms with van der Waals surface area (Å²) in [5.41, 5.74) is 0.0307. The van der Waals surface area contributed by atoms with Crippen LogP contribution in [0.4, 0.5) is 5.13 Å². The Kier molecular flexibility index (Phi) is 8.00. The fourth-order valence-electron chi connectivity index (χ4n) is 7.99. The van der Waals surface area contributed by atoms with E-state index in [0.717, 1.165) is 55.5 Å². The number of anilines is 1. The van der Waals surface area contributed by atoms with E-state index in [2.05, 4.69) is 17.6 Å². The van der Waals surface area contributed by atoms with E-state index in [4.69, 9.17) is 4.98 Å². The standard InChI is InChI=1S/C29H45N3O4S/c1-28-14-13-23(34)29(2,17-33)22(28)16-21-25(20(28)15-24(35)30-19-11-7-4-8-12-19)31-27(37-21)32-26(36)18-9-5-3-6-10-18/h18-20,22-23,33-34H,3-17H2,1-2H3,(H,30,35)(H,31,32,36). The lowest BCUT2D eigenvalue weighted by Gasteiger charge is -2.58. The van der Waals surface area contributed by atoms with Crippen molar-refractivity contribution >= 4 is 28.3 Å². The van der Waals surface area contributed by atoms with Crippen molar-refractivity contribution in [2.45, 2.75) is 122 Å². The highest BCUT2D eigenvalue weighted by Gasteiger charge is 2.59. The van der Waals surface area contributed by atoms with Gasteiger partial charge in [-0.05, 0) is 56.3 Å². The van der Waals surface area contributed by atoms with Gasteiger partial charge in [-0.1, -0.05) is 52.4 Å². The number of carbonyl (C=O) groups excluding carboxylic acids is 2. The molecule has 0 radical (unpaired) electrons. The van der Waals surface area contributed by atoms with Gasteiger partial charge < -0.3 is 20.8 Å². The van der Waals surface area contributed by atoms with Crippen LogP contribution in [0, 0.1) is 22.7 Å². The molecule has 0 bridgehead atoms. The van der Waals surface area contributed by atoms with Gasteiger partial charge in [0.2, 0.25) is 11.8 Å². The van der Waals surface area contributed by atoms with Gasteiger partial charge in [0.25, 0.3) is 0 Å². The van der Waals surface area contributed by atoms with Gasteiger partial charge in [0.15, 0.2) is 5.13 Å². The van der Waals surface area contributed by atoms with Crippen LogP contribution in [-0.2, 0) is 16.0 Å². The maximum atomic E-state index is 13.4. The summed E-state index contributed by atoms with van der Waals surface area (Å²) in [5, 5.41) is 28.5. The van der Waals surface area contributed by atoms with Gasteiger partial charge in [-0.2, -0.15) is 0 Å². The topological polar surface area (TPSA) is 112 Å². The van der Waals surface area contributed by atoms with Gasteiger partial charge in [-0.3, -0.25) is 9.59 Å². The van der Waals surface area contributed by atoms with Crippen LogP contribution in [0.3, 0.4) is 0 Å². The molecule has 2 amide bonds. The van der Waals surface area contributed by atoms with Crippen LogP contribution in [0.2, 0.25) is 0 Å². The molecule has 8 heteroatoms. The van der Waals surface area contributed by atoms with Gasteiger partial charge >= 0.3 is 0 Å². The lowest BCUT2D eigenvalue weighted by Crippen LogP contribution is -2.57. The maximum absolute atomic E-state index is 13.4. The zero-order valence-electron chi connectivity index (χ0n) is 22.6. The third-order valence-corrected chi connectivity index (χ3v) is 11.5. The van der Waals surface area contributed by atoms with Gasteiger partial charge in [0.1, 0.15) is 0 Å². The number of aromatic nitrogens is 1. The quantitative estimate of drug-likeness (QED) is 0.417. The van der Waals surface area contributed by atoms with Gasteiger partial charge in [-0.15, -0.1) is 11.3 Å². The normalized spacial score (nSPS) is 34.9. The molecule has 5 atom stereocenters. The first-order valence-electron chi connectivity index (χ1n) is 14.6. The van der Waals surface area contributed by atoms with E-state index in [1.807, 2.05) is 6.92 Å². The number of aliphatic hydroxyl groups excluding tert-OH is 2. The molecule has 3 saturated carbocycles. The Labute approximate surface area is 225 Å². The largest absolute Gasteiger partial charge is 0.396 e. The molecule has 206 valence electrons. The average molecular weight is 532 g/mol. The summed E-state index contributed by atoms with van der Waals surface area (Å²) >= 11 is 1.52. The molecular formula is C29H45N3O4S. The number of amides is 2. The predicted molar refractivity (Wildman–Crippen MR) is 145 cm³/mol. The summed E-state index contributed by atoms with van der Waals surface area (Å²) in [6, 6.07) is 0.254. The minimum Gasteiger partial charge on any atom is -0.396 e. The monoisotopic (exact) mass is 531 g/mol. The van der Waals surface area contributed by atoms with Crippen molar-refractivity contribution in [3.8, 4) is 0 Å². The first kappa shape index (κ1) is 27.1. The fraction of sp³-hybridized carbons (Fsp3) is 0.828. The van der Waals surface area contributed by atoms with Crippen LogP contribution in [0.5, 0.6) is 0 Å². The van der Waals surface area contributed by atoms with Crippen LogP contribution in [0.15, 0.2) is 0 Å². The second kappa shape index (κ2) is 10.9. The molecule has 1 aromatic rings. The minimum atomic E-state index is -0.641. The molecular weight excluding hydrogens is 486 g/mol. The fourth-order valence-corrected chi connectivity index (χ4v) is 9.06. The highest BCUT2D eigenvalue weighted by Crippen LogP contribution is 2.62. The van der Waals surface area contributed by atoms with E-state index < -0.39 is 11.5 Å². The highest BCUT2D eigenvalue weighted by atomic mass is 32.1. The lowest BCUT2D eigenvalue weighted by atomic mass is 9.47. The van der Waals surface area contributed by atoms with Crippen molar-refractivity contribution in [3.63, 3.8) is 0 Å². The summed E-state index contributed by atoms with van der Waals surface area (Å²) in [6.07, 6.45) is 12.8. The van der Waals surface area contributed by atoms with Gasteiger partial charge in [0.05, 0.1) is 18.4 Å². The zero-order valence-corrected chi connectivity index (χ0v) is 23.4. The molecule has 0 spiro atoms. The first-order valence-corrected chi connectivity index (χ1v) is 15.4. The van der Waals surface area contributed by atoms with Crippen molar-refractivity contribution in [1.82, 2.24) is 10.3 Å². The highest BCUT2D eigenvalue weighted by molar-refractivity contribution is 7.15. The molecule has 1 heterocycles. The summed E-state index contributed by atoms with van der Waals surface area (Å²) in [6.45, 7) is 4.14. The SMILES string of the molecule is CC1(CO)C(O)CCC2(C)C(CC(=O)NC3CCCCC3)c3nc(NC(=O)C4CCCCC4)sc3CC12. The number of carbonyl (C=O) groups is 2. The zero-order chi connectivity index (χ0) is 26.2. The van der Waals surface area contributed by atoms with Crippen molar-refractivity contribution < 1.29 is 19.8 Å². The lowest BCUT2D eigenvalue weighted by molar-refractivity contribution is -0.144. The number of nitrogens with zero attached hydrogens (tertiary/aromatic N) is 1. The Morgan fingerprint density at radius 1 is 1.03 bits per heavy atom. The second-order valence-electron chi connectivity index (χ2n) is 12.8. The summed E-state index contributed by atoms with van der Waals surface area (Å²) in [5.74, 6) is 0.106. The maximum Gasteiger partial charge on any atom is 0.229 e. The van der Waals surface area contributed by atoms with Crippen molar-refractivity contribution in [2.24, 2.45) is 22.7 Å². The Morgan fingerprint density at radius 3 is 2.38 bits per heavy atom. The Bertz CT molecular complexity index is 986. The van der Waals surface area contributed by atoms with Crippen molar-refractivity contribution in [1.29, 1.82) is 0 Å². The summed E-state index contributed by atoms with van der Waals surface area (Å²) in [4.78, 5) is 32.4. The Morgan fingerprint density at radius 2 is 1.70 bits per heavy atom. The summed E-state index contributed by atoms with van der Waals surface area (Å²) in [7, 11) is 0. The Hall–Kier alpha value is -1.51. The van der Waals surface area contributed by atoms with Crippen molar-refractivity contribution in [2.75, 3.05) is 11.9 Å². The number of aliphatic hydroxyl groups is 2. The van der Waals surface area contributed by atoms with Crippen LogP contribution < -0.4 is 10.6 Å². The van der Waals surface area contributed by atoms with E-state index in [9.17, 15) is 19.8 Å². The molecule has 7 nitrogen and oxygen atoms in total. The van der Waals surface area contributed by atoms with Crippen LogP contribution >= 0.6 is 11.3 Å². The number of thiazole rings is 1. The average Bonchev–Trinajstić information content (AvgIpc) is 3.30. The van der Waals surface area contributed by atoms with E-state index in [-0.39, 0.29) is 47.6 Å². The molecule has 0 aliphatic heterocycles. The first-order chi connectivity index (χ1) is 17.7. The van der Waals surface area contributed by atoms with Crippen molar-refractivity contribution in [3.05, 3.63) is 10.6 Å². The molecule has 37 heavy (non-hydrogen) atoms. The molecule has 4 aliphatic rings. The molecule has 4 N–H and O–H groups in total. The third kappa shape index (κ3) is 5.22. The molecule has 5 unspecified atom stereocenters. The molecule has 0 aromatic carbocycles. The number of nitrogens with one attached hydrogen (secondary N) is 2. The molecule has 3 fully saturated rings. The van der Waals surface area contributed by atoms with Gasteiger partial charge in [0, 0.05) is 34.6 Å². The van der Waals surface area contributed by atoms with E-state index in [1.165, 1.54) is 37.0 Å². The Balaban J connectivity index is 1.43. The minimum absolute atomic E-state index is 0.0241. The molecule has 0 saturated heterocycles. The third-order valence-electron chi connectivity index (χ3n) is 10.5. The number of rotatable bonds is 6. The van der Waals surface area contributed by atoms with E-state index >= 15 is 0 Å². The van der Waals surface area contributed by atoms with Gasteiger partial charge in [-0.25, -0.2) is 4.98 Å². The molecule has 1 aromatic heterocycles. The molecule has 4 aliphatic carbocycles. The second-order valence-corrected chi connectivity index (χ2v) is 13.9. The van der Waals surface area contributed by atoms with Crippen LogP contribution in [0.25, 0.3) is 0 Å². The van der Waals surface area contributed by atoms with E-state index in [1.54, 1.807) is 0 Å². The smallest absolute Gasteiger partial charge is 0.229 e. The number of hydrogen-bond donors (Lipinski definition) is 4.